The van der Waals surface area contributed by atoms with Gasteiger partial charge in [-0.3, -0.25) is 0 Å². The van der Waals surface area contributed by atoms with Crippen LogP contribution in [-0.2, 0) is 4.74 Å². The molecule has 1 N–H and O–H groups in total. The zero-order valence-corrected chi connectivity index (χ0v) is 6.88. The van der Waals surface area contributed by atoms with E-state index in [2.05, 4.69) is 0 Å². The number of ether oxygens (including phenoxy) is 1. The molecule has 0 saturated heterocycles. The summed E-state index contributed by atoms with van der Waals surface area (Å²) in [6.45, 7) is 0. The minimum Gasteiger partial charge on any atom is -0.365 e. The highest BCUT2D eigenvalue weighted by molar-refractivity contribution is 4.85. The van der Waals surface area contributed by atoms with Gasteiger partial charge in [0.1, 0.15) is 0 Å². The first-order valence-corrected chi connectivity index (χ1v) is 4.69. The monoisotopic (exact) mass is 156 g/mol. The maximum atomic E-state index is 9.46. The van der Waals surface area contributed by atoms with Crippen LogP contribution in [0.4, 0.5) is 0 Å². The van der Waals surface area contributed by atoms with Crippen LogP contribution in [0.3, 0.4) is 0 Å². The lowest BCUT2D eigenvalue weighted by atomic mass is 9.98. The third-order valence-corrected chi connectivity index (χ3v) is 2.62. The molecule has 0 atom stereocenters. The van der Waals surface area contributed by atoms with Gasteiger partial charge < -0.3 is 9.84 Å². The summed E-state index contributed by atoms with van der Waals surface area (Å²) in [7, 11) is 0. The zero-order valence-electron chi connectivity index (χ0n) is 6.88. The van der Waals surface area contributed by atoms with Crippen molar-refractivity contribution >= 4 is 0 Å². The van der Waals surface area contributed by atoms with Crippen molar-refractivity contribution in [2.75, 3.05) is 0 Å². The highest BCUT2D eigenvalue weighted by atomic mass is 16.6. The van der Waals surface area contributed by atoms with Crippen LogP contribution in [0.1, 0.15) is 44.9 Å². The minimum atomic E-state index is -0.692. The van der Waals surface area contributed by atoms with E-state index in [1.54, 1.807) is 0 Å². The fourth-order valence-corrected chi connectivity index (χ4v) is 1.72. The van der Waals surface area contributed by atoms with Gasteiger partial charge in [0, 0.05) is 12.8 Å². The van der Waals surface area contributed by atoms with Crippen LogP contribution >= 0.6 is 0 Å². The minimum absolute atomic E-state index is 0.358. The van der Waals surface area contributed by atoms with E-state index in [4.69, 9.17) is 4.74 Å². The molecular weight excluding hydrogens is 140 g/mol. The Morgan fingerprint density at radius 3 is 2.27 bits per heavy atom. The van der Waals surface area contributed by atoms with Gasteiger partial charge in [-0.1, -0.05) is 19.3 Å². The highest BCUT2D eigenvalue weighted by Crippen LogP contribution is 2.39. The van der Waals surface area contributed by atoms with Gasteiger partial charge in [0.25, 0.3) is 0 Å². The average molecular weight is 156 g/mol. The lowest BCUT2D eigenvalue weighted by Crippen LogP contribution is -2.25. The normalized spacial score (nSPS) is 30.3. The summed E-state index contributed by atoms with van der Waals surface area (Å²) in [4.78, 5) is 0. The molecule has 2 fully saturated rings. The standard InChI is InChI=1S/C9H16O2/c10-9(6-7-9)11-8-4-2-1-3-5-8/h8,10H,1-7H2. The average Bonchev–Trinajstić information content (AvgIpc) is 2.70. The Labute approximate surface area is 67.6 Å². The van der Waals surface area contributed by atoms with Crippen LogP contribution in [0.5, 0.6) is 0 Å². The van der Waals surface area contributed by atoms with Gasteiger partial charge >= 0.3 is 0 Å². The molecule has 2 rings (SSSR count). The molecule has 11 heavy (non-hydrogen) atoms. The first-order chi connectivity index (χ1) is 5.29. The molecule has 2 aliphatic rings. The predicted molar refractivity (Wildman–Crippen MR) is 42.1 cm³/mol. The molecule has 0 heterocycles. The second-order valence-corrected chi connectivity index (χ2v) is 3.82. The van der Waals surface area contributed by atoms with Crippen molar-refractivity contribution in [1.82, 2.24) is 0 Å². The van der Waals surface area contributed by atoms with Crippen molar-refractivity contribution in [3.63, 3.8) is 0 Å². The van der Waals surface area contributed by atoms with Gasteiger partial charge in [0.15, 0.2) is 5.79 Å². The van der Waals surface area contributed by atoms with E-state index in [1.165, 1.54) is 19.3 Å². The van der Waals surface area contributed by atoms with E-state index in [1.807, 2.05) is 0 Å². The fraction of sp³-hybridized carbons (Fsp3) is 1.00. The largest absolute Gasteiger partial charge is 0.365 e. The Morgan fingerprint density at radius 1 is 1.09 bits per heavy atom. The summed E-state index contributed by atoms with van der Waals surface area (Å²) in [6, 6.07) is 0. The van der Waals surface area contributed by atoms with Crippen molar-refractivity contribution in [3.05, 3.63) is 0 Å². The van der Waals surface area contributed by atoms with Crippen molar-refractivity contribution in [2.45, 2.75) is 56.8 Å². The molecule has 64 valence electrons. The second kappa shape index (κ2) is 2.76. The molecule has 2 aliphatic carbocycles. The summed E-state index contributed by atoms with van der Waals surface area (Å²) in [5.74, 6) is -0.692. The smallest absolute Gasteiger partial charge is 0.166 e. The third kappa shape index (κ3) is 1.94. The van der Waals surface area contributed by atoms with Gasteiger partial charge in [-0.05, 0) is 12.8 Å². The van der Waals surface area contributed by atoms with E-state index in [0.29, 0.717) is 6.10 Å². The molecule has 0 amide bonds. The number of aliphatic hydroxyl groups is 1. The van der Waals surface area contributed by atoms with Crippen molar-refractivity contribution in [2.24, 2.45) is 0 Å². The molecule has 0 aromatic heterocycles. The maximum absolute atomic E-state index is 9.46. The molecule has 0 spiro atoms. The predicted octanol–water partition coefficient (Wildman–Crippen LogP) is 1.82. The van der Waals surface area contributed by atoms with Crippen LogP contribution in [0.25, 0.3) is 0 Å². The topological polar surface area (TPSA) is 29.5 Å². The molecule has 0 radical (unpaired) electrons. The first-order valence-electron chi connectivity index (χ1n) is 4.69. The molecule has 2 heteroatoms. The Balaban J connectivity index is 1.76. The second-order valence-electron chi connectivity index (χ2n) is 3.82. The zero-order chi connectivity index (χ0) is 7.73. The van der Waals surface area contributed by atoms with Crippen molar-refractivity contribution in [1.29, 1.82) is 0 Å². The quantitative estimate of drug-likeness (QED) is 0.618. The van der Waals surface area contributed by atoms with E-state index in [9.17, 15) is 5.11 Å². The van der Waals surface area contributed by atoms with Crippen molar-refractivity contribution in [3.8, 4) is 0 Å². The van der Waals surface area contributed by atoms with E-state index in [-0.39, 0.29) is 0 Å². The Morgan fingerprint density at radius 2 is 1.73 bits per heavy atom. The van der Waals surface area contributed by atoms with Crippen molar-refractivity contribution < 1.29 is 9.84 Å². The Kier molecular flexibility index (Phi) is 1.90. The molecule has 0 unspecified atom stereocenters. The number of rotatable bonds is 2. The lowest BCUT2D eigenvalue weighted by molar-refractivity contribution is -0.166. The maximum Gasteiger partial charge on any atom is 0.166 e. The number of hydrogen-bond donors (Lipinski definition) is 1. The summed E-state index contributed by atoms with van der Waals surface area (Å²) >= 11 is 0. The summed E-state index contributed by atoms with van der Waals surface area (Å²) in [6.07, 6.45) is 8.27. The molecule has 2 saturated carbocycles. The van der Waals surface area contributed by atoms with Gasteiger partial charge in [-0.25, -0.2) is 0 Å². The van der Waals surface area contributed by atoms with Gasteiger partial charge in [0.05, 0.1) is 6.10 Å². The van der Waals surface area contributed by atoms with E-state index >= 15 is 0 Å². The molecule has 0 aromatic carbocycles. The van der Waals surface area contributed by atoms with Gasteiger partial charge in [0.2, 0.25) is 0 Å². The summed E-state index contributed by atoms with van der Waals surface area (Å²) in [5.41, 5.74) is 0. The Hall–Kier alpha value is -0.0800. The van der Waals surface area contributed by atoms with Crippen LogP contribution in [0.15, 0.2) is 0 Å². The highest BCUT2D eigenvalue weighted by Gasteiger charge is 2.43. The van der Waals surface area contributed by atoms with Crippen LogP contribution in [0.2, 0.25) is 0 Å². The van der Waals surface area contributed by atoms with E-state index in [0.717, 1.165) is 25.7 Å². The molecular formula is C9H16O2. The van der Waals surface area contributed by atoms with Crippen LogP contribution in [0, 0.1) is 0 Å². The summed E-state index contributed by atoms with van der Waals surface area (Å²) in [5, 5.41) is 9.46. The first kappa shape index (κ1) is 7.56. The molecule has 0 aliphatic heterocycles. The molecule has 2 nitrogen and oxygen atoms in total. The van der Waals surface area contributed by atoms with Crippen LogP contribution < -0.4 is 0 Å². The van der Waals surface area contributed by atoms with E-state index < -0.39 is 5.79 Å². The molecule has 0 bridgehead atoms. The summed E-state index contributed by atoms with van der Waals surface area (Å²) < 4.78 is 5.55. The SMILES string of the molecule is OC1(OC2CCCCC2)CC1. The fourth-order valence-electron chi connectivity index (χ4n) is 1.72. The van der Waals surface area contributed by atoms with Crippen LogP contribution in [-0.4, -0.2) is 17.0 Å². The Bertz CT molecular complexity index is 134. The number of hydrogen-bond acceptors (Lipinski definition) is 2. The van der Waals surface area contributed by atoms with Gasteiger partial charge in [-0.15, -0.1) is 0 Å². The third-order valence-electron chi connectivity index (χ3n) is 2.62. The van der Waals surface area contributed by atoms with Gasteiger partial charge in [-0.2, -0.15) is 0 Å². The molecule has 0 aromatic rings. The lowest BCUT2D eigenvalue weighted by Gasteiger charge is -2.24.